The number of aryl methyl sites for hydroxylation is 2. The molecule has 2 heteroatoms. The Kier molecular flexibility index (Phi) is 3.38. The molecule has 1 N–H and O–H groups in total. The van der Waals surface area contributed by atoms with Crippen molar-refractivity contribution in [2.45, 2.75) is 20.4 Å². The van der Waals surface area contributed by atoms with Gasteiger partial charge >= 0.3 is 0 Å². The quantitative estimate of drug-likeness (QED) is 0.753. The first-order chi connectivity index (χ1) is 9.75. The maximum atomic E-state index is 4.40. The number of anilines is 1. The maximum Gasteiger partial charge on any atom is 0.0705 e. The van der Waals surface area contributed by atoms with Crippen LogP contribution in [0, 0.1) is 13.8 Å². The molecule has 0 fully saturated rings. The van der Waals surface area contributed by atoms with Crippen LogP contribution in [0.5, 0.6) is 0 Å². The minimum Gasteiger partial charge on any atom is -0.381 e. The van der Waals surface area contributed by atoms with Crippen molar-refractivity contribution in [3.8, 4) is 0 Å². The summed E-state index contributed by atoms with van der Waals surface area (Å²) in [5, 5.41) is 4.78. The summed E-state index contributed by atoms with van der Waals surface area (Å²) >= 11 is 0. The van der Waals surface area contributed by atoms with Crippen molar-refractivity contribution >= 4 is 16.6 Å². The van der Waals surface area contributed by atoms with Crippen LogP contribution in [-0.4, -0.2) is 4.98 Å². The summed E-state index contributed by atoms with van der Waals surface area (Å²) in [6.07, 6.45) is 1.88. The van der Waals surface area contributed by atoms with Gasteiger partial charge in [0.1, 0.15) is 0 Å². The van der Waals surface area contributed by atoms with Gasteiger partial charge in [-0.2, -0.15) is 0 Å². The molecule has 1 heterocycles. The molecule has 0 bridgehead atoms. The molecule has 0 atom stereocenters. The summed E-state index contributed by atoms with van der Waals surface area (Å²) in [7, 11) is 0. The van der Waals surface area contributed by atoms with Crippen LogP contribution >= 0.6 is 0 Å². The minimum atomic E-state index is 0.814. The molecule has 0 saturated carbocycles. The van der Waals surface area contributed by atoms with Gasteiger partial charge in [-0.1, -0.05) is 36.4 Å². The van der Waals surface area contributed by atoms with Gasteiger partial charge in [-0.15, -0.1) is 0 Å². The Morgan fingerprint density at radius 3 is 2.45 bits per heavy atom. The van der Waals surface area contributed by atoms with Crippen molar-refractivity contribution in [2.24, 2.45) is 0 Å². The number of pyridine rings is 1. The third kappa shape index (κ3) is 2.37. The van der Waals surface area contributed by atoms with Crippen molar-refractivity contribution in [1.82, 2.24) is 4.98 Å². The van der Waals surface area contributed by atoms with E-state index < -0.39 is 0 Å². The average molecular weight is 262 g/mol. The molecule has 3 aromatic rings. The lowest BCUT2D eigenvalue weighted by atomic mass is 10.1. The Morgan fingerprint density at radius 2 is 1.65 bits per heavy atom. The fraction of sp³-hybridized carbons (Fsp3) is 0.167. The van der Waals surface area contributed by atoms with Crippen molar-refractivity contribution < 1.29 is 0 Å². The summed E-state index contributed by atoms with van der Waals surface area (Å²) in [5.41, 5.74) is 6.12. The van der Waals surface area contributed by atoms with E-state index in [1.165, 1.54) is 27.8 Å². The van der Waals surface area contributed by atoms with E-state index in [1.54, 1.807) is 0 Å². The number of hydrogen-bond donors (Lipinski definition) is 1. The number of fused-ring (bicyclic) bond motifs is 1. The summed E-state index contributed by atoms with van der Waals surface area (Å²) in [4.78, 5) is 4.40. The zero-order chi connectivity index (χ0) is 13.9. The second-order valence-electron chi connectivity index (χ2n) is 5.11. The first kappa shape index (κ1) is 12.7. The molecule has 0 unspecified atom stereocenters. The van der Waals surface area contributed by atoms with Crippen LogP contribution in [-0.2, 0) is 6.54 Å². The molecule has 0 saturated heterocycles. The third-order valence-electron chi connectivity index (χ3n) is 3.68. The predicted octanol–water partition coefficient (Wildman–Crippen LogP) is 4.46. The van der Waals surface area contributed by atoms with Gasteiger partial charge in [0.25, 0.3) is 0 Å². The molecular formula is C18H18N2. The highest BCUT2D eigenvalue weighted by Gasteiger charge is 2.04. The highest BCUT2D eigenvalue weighted by Crippen LogP contribution is 2.22. The van der Waals surface area contributed by atoms with Gasteiger partial charge in [-0.05, 0) is 42.7 Å². The van der Waals surface area contributed by atoms with Crippen molar-refractivity contribution in [3.63, 3.8) is 0 Å². The molecule has 0 radical (unpaired) electrons. The smallest absolute Gasteiger partial charge is 0.0705 e. The Morgan fingerprint density at radius 1 is 0.900 bits per heavy atom. The molecule has 3 rings (SSSR count). The molecule has 0 spiro atoms. The topological polar surface area (TPSA) is 24.9 Å². The van der Waals surface area contributed by atoms with Crippen LogP contribution in [0.3, 0.4) is 0 Å². The summed E-state index contributed by atoms with van der Waals surface area (Å²) in [6.45, 7) is 5.09. The number of aromatic nitrogens is 1. The molecule has 0 aliphatic carbocycles. The lowest BCUT2D eigenvalue weighted by molar-refractivity contribution is 1.14. The molecule has 1 aromatic heterocycles. The zero-order valence-electron chi connectivity index (χ0n) is 11.9. The molecule has 2 nitrogen and oxygen atoms in total. The molecule has 20 heavy (non-hydrogen) atoms. The second kappa shape index (κ2) is 5.33. The Hall–Kier alpha value is -2.35. The highest BCUT2D eigenvalue weighted by atomic mass is 14.9. The molecule has 0 aliphatic rings. The predicted molar refractivity (Wildman–Crippen MR) is 85.0 cm³/mol. The lowest BCUT2D eigenvalue weighted by Crippen LogP contribution is -2.03. The van der Waals surface area contributed by atoms with Crippen LogP contribution in [0.4, 0.5) is 5.69 Å². The minimum absolute atomic E-state index is 0.814. The first-order valence-corrected chi connectivity index (χ1v) is 6.88. The number of nitrogens with zero attached hydrogens (tertiary/aromatic N) is 1. The van der Waals surface area contributed by atoms with Crippen LogP contribution in [0.15, 0.2) is 54.7 Å². The van der Waals surface area contributed by atoms with Gasteiger partial charge in [-0.3, -0.25) is 4.98 Å². The summed E-state index contributed by atoms with van der Waals surface area (Å²) in [5.74, 6) is 0. The molecular weight excluding hydrogens is 244 g/mol. The highest BCUT2D eigenvalue weighted by molar-refractivity contribution is 5.82. The zero-order valence-corrected chi connectivity index (χ0v) is 11.9. The summed E-state index contributed by atoms with van der Waals surface area (Å²) < 4.78 is 0. The van der Waals surface area contributed by atoms with Crippen LogP contribution in [0.25, 0.3) is 10.9 Å². The maximum absolute atomic E-state index is 4.40. The number of nitrogens with one attached hydrogen (secondary N) is 1. The van der Waals surface area contributed by atoms with Crippen molar-refractivity contribution in [1.29, 1.82) is 0 Å². The standard InChI is InChI=1S/C18H18N2/c1-13-6-5-7-14(2)18(13)20-12-15-10-11-19-17-9-4-3-8-16(15)17/h3-11,20H,12H2,1-2H3. The molecule has 2 aromatic carbocycles. The van der Waals surface area contributed by atoms with Crippen LogP contribution in [0.2, 0.25) is 0 Å². The van der Waals surface area contributed by atoms with Gasteiger partial charge in [0, 0.05) is 23.8 Å². The Labute approximate surface area is 119 Å². The van der Waals surface area contributed by atoms with E-state index in [2.05, 4.69) is 66.6 Å². The summed E-state index contributed by atoms with van der Waals surface area (Å²) in [6, 6.07) is 16.7. The average Bonchev–Trinajstić information content (AvgIpc) is 2.47. The molecule has 0 amide bonds. The van der Waals surface area contributed by atoms with E-state index in [-0.39, 0.29) is 0 Å². The second-order valence-corrected chi connectivity index (χ2v) is 5.11. The fourth-order valence-electron chi connectivity index (χ4n) is 2.59. The van der Waals surface area contributed by atoms with Gasteiger partial charge < -0.3 is 5.32 Å². The fourth-order valence-corrected chi connectivity index (χ4v) is 2.59. The van der Waals surface area contributed by atoms with E-state index in [0.717, 1.165) is 12.1 Å². The van der Waals surface area contributed by atoms with Crippen LogP contribution in [0.1, 0.15) is 16.7 Å². The molecule has 0 aliphatic heterocycles. The third-order valence-corrected chi connectivity index (χ3v) is 3.68. The van der Waals surface area contributed by atoms with Crippen molar-refractivity contribution in [2.75, 3.05) is 5.32 Å². The Balaban J connectivity index is 1.91. The van der Waals surface area contributed by atoms with E-state index in [4.69, 9.17) is 0 Å². The Bertz CT molecular complexity index is 722. The largest absolute Gasteiger partial charge is 0.381 e. The van der Waals surface area contributed by atoms with Gasteiger partial charge in [0.05, 0.1) is 5.52 Å². The molecule has 100 valence electrons. The first-order valence-electron chi connectivity index (χ1n) is 6.88. The van der Waals surface area contributed by atoms with E-state index >= 15 is 0 Å². The van der Waals surface area contributed by atoms with Gasteiger partial charge in [-0.25, -0.2) is 0 Å². The van der Waals surface area contributed by atoms with E-state index in [0.29, 0.717) is 0 Å². The van der Waals surface area contributed by atoms with E-state index in [9.17, 15) is 0 Å². The number of para-hydroxylation sites is 2. The lowest BCUT2D eigenvalue weighted by Gasteiger charge is -2.13. The van der Waals surface area contributed by atoms with Gasteiger partial charge in [0.2, 0.25) is 0 Å². The van der Waals surface area contributed by atoms with Crippen LogP contribution < -0.4 is 5.32 Å². The van der Waals surface area contributed by atoms with Crippen molar-refractivity contribution in [3.05, 3.63) is 71.4 Å². The number of rotatable bonds is 3. The monoisotopic (exact) mass is 262 g/mol. The number of hydrogen-bond acceptors (Lipinski definition) is 2. The number of benzene rings is 2. The SMILES string of the molecule is Cc1cccc(C)c1NCc1ccnc2ccccc12. The normalized spacial score (nSPS) is 10.7. The van der Waals surface area contributed by atoms with E-state index in [1.807, 2.05) is 12.3 Å². The van der Waals surface area contributed by atoms with Gasteiger partial charge in [0.15, 0.2) is 0 Å².